The normalized spacial score (nSPS) is 8.74. The van der Waals surface area contributed by atoms with Gasteiger partial charge in [0.1, 0.15) is 0 Å². The number of benzene rings is 1. The van der Waals surface area contributed by atoms with Gasteiger partial charge < -0.3 is 4.52 Å². The van der Waals surface area contributed by atoms with Crippen molar-refractivity contribution in [1.82, 2.24) is 10.1 Å². The van der Waals surface area contributed by atoms with Crippen LogP contribution in [0.5, 0.6) is 0 Å². The number of hydrogen-bond acceptors (Lipinski definition) is 3. The minimum absolute atomic E-state index is 0.573. The van der Waals surface area contributed by atoms with Crippen LogP contribution >= 0.6 is 0 Å². The summed E-state index contributed by atoms with van der Waals surface area (Å²) < 4.78 is 4.69. The van der Waals surface area contributed by atoms with Crippen molar-refractivity contribution >= 4 is 12.2 Å². The Kier molecular flexibility index (Phi) is 9.50. The van der Waals surface area contributed by atoms with Crippen molar-refractivity contribution in [3.05, 3.63) is 42.0 Å². The minimum Gasteiger partial charge on any atom is -0.343 e. The Morgan fingerprint density at radius 3 is 2.00 bits per heavy atom. The first-order chi connectivity index (χ1) is 9.25. The minimum atomic E-state index is 0.573. The van der Waals surface area contributed by atoms with Crippen LogP contribution in [0.2, 0.25) is 13.6 Å². The maximum Gasteiger partial charge on any atom is 0.213 e. The first-order valence-corrected chi connectivity index (χ1v) is 7.10. The SMILES string of the molecule is CB(C)c1ccc(Cc2ncon2)cc1.CC.CC. The molecular weight excluding hydrogens is 235 g/mol. The topological polar surface area (TPSA) is 38.9 Å². The van der Waals surface area contributed by atoms with E-state index in [1.807, 2.05) is 27.7 Å². The fraction of sp³-hybridized carbons (Fsp3) is 0.467. The lowest BCUT2D eigenvalue weighted by Crippen LogP contribution is -2.21. The smallest absolute Gasteiger partial charge is 0.213 e. The average molecular weight is 260 g/mol. The molecule has 0 aliphatic rings. The summed E-state index contributed by atoms with van der Waals surface area (Å²) in [5.74, 6) is 0.729. The van der Waals surface area contributed by atoms with E-state index < -0.39 is 0 Å². The Morgan fingerprint density at radius 1 is 1.00 bits per heavy atom. The van der Waals surface area contributed by atoms with E-state index in [2.05, 4.69) is 52.6 Å². The molecule has 0 aliphatic carbocycles. The fourth-order valence-electron chi connectivity index (χ4n) is 1.47. The van der Waals surface area contributed by atoms with Crippen molar-refractivity contribution in [2.45, 2.75) is 47.8 Å². The molecule has 1 aromatic carbocycles. The molecule has 0 saturated heterocycles. The molecule has 0 atom stereocenters. The molecule has 2 rings (SSSR count). The van der Waals surface area contributed by atoms with Crippen molar-refractivity contribution in [3.8, 4) is 0 Å². The third-order valence-electron chi connectivity index (χ3n) is 2.42. The van der Waals surface area contributed by atoms with E-state index in [9.17, 15) is 0 Å². The summed E-state index contributed by atoms with van der Waals surface area (Å²) in [6.45, 7) is 13.0. The predicted molar refractivity (Wildman–Crippen MR) is 83.4 cm³/mol. The van der Waals surface area contributed by atoms with Crippen molar-refractivity contribution in [2.75, 3.05) is 0 Å². The van der Waals surface area contributed by atoms with Gasteiger partial charge in [-0.25, -0.2) is 0 Å². The second kappa shape index (κ2) is 10.4. The number of rotatable bonds is 3. The van der Waals surface area contributed by atoms with Crippen molar-refractivity contribution in [2.24, 2.45) is 0 Å². The first-order valence-electron chi connectivity index (χ1n) is 7.10. The highest BCUT2D eigenvalue weighted by atomic mass is 16.5. The van der Waals surface area contributed by atoms with E-state index in [0.717, 1.165) is 12.2 Å². The molecule has 1 heterocycles. The number of hydrogen-bond donors (Lipinski definition) is 0. The van der Waals surface area contributed by atoms with Crippen LogP contribution in [-0.2, 0) is 6.42 Å². The zero-order valence-corrected chi connectivity index (χ0v) is 13.0. The van der Waals surface area contributed by atoms with Crippen LogP contribution in [0.4, 0.5) is 0 Å². The number of nitrogens with zero attached hydrogens (tertiary/aromatic N) is 2. The monoisotopic (exact) mass is 260 g/mol. The first kappa shape index (κ1) is 17.4. The molecule has 0 fully saturated rings. The summed E-state index contributed by atoms with van der Waals surface area (Å²) in [7, 11) is 0. The lowest BCUT2D eigenvalue weighted by molar-refractivity contribution is 0.411. The molecule has 1 aromatic heterocycles. The Morgan fingerprint density at radius 2 is 1.58 bits per heavy atom. The number of aromatic nitrogens is 2. The van der Waals surface area contributed by atoms with Crippen molar-refractivity contribution < 1.29 is 4.52 Å². The van der Waals surface area contributed by atoms with Crippen LogP contribution in [0, 0.1) is 0 Å². The predicted octanol–water partition coefficient (Wildman–Crippen LogP) is 3.67. The van der Waals surface area contributed by atoms with Gasteiger partial charge in [0, 0.05) is 6.42 Å². The Hall–Kier alpha value is -1.58. The van der Waals surface area contributed by atoms with Crippen LogP contribution in [0.25, 0.3) is 0 Å². The van der Waals surface area contributed by atoms with Gasteiger partial charge in [0.25, 0.3) is 0 Å². The summed E-state index contributed by atoms with van der Waals surface area (Å²) in [6, 6.07) is 8.54. The zero-order valence-electron chi connectivity index (χ0n) is 13.0. The molecule has 0 aliphatic heterocycles. The fourth-order valence-corrected chi connectivity index (χ4v) is 1.47. The quantitative estimate of drug-likeness (QED) is 0.790. The molecular formula is C15H25BN2O. The van der Waals surface area contributed by atoms with E-state index in [1.54, 1.807) is 0 Å². The van der Waals surface area contributed by atoms with Crippen LogP contribution in [0.1, 0.15) is 39.1 Å². The molecule has 2 aromatic rings. The third-order valence-corrected chi connectivity index (χ3v) is 2.42. The zero-order chi connectivity index (χ0) is 14.7. The van der Waals surface area contributed by atoms with Gasteiger partial charge in [-0.1, -0.05) is 76.2 Å². The van der Waals surface area contributed by atoms with Gasteiger partial charge in [-0.15, -0.1) is 0 Å². The molecule has 0 saturated carbocycles. The second-order valence-corrected chi connectivity index (χ2v) is 3.92. The van der Waals surface area contributed by atoms with Crippen LogP contribution in [-0.4, -0.2) is 16.9 Å². The summed E-state index contributed by atoms with van der Waals surface area (Å²) in [5, 5.41) is 3.78. The summed E-state index contributed by atoms with van der Waals surface area (Å²) in [6.07, 6.45) is 2.09. The van der Waals surface area contributed by atoms with E-state index in [4.69, 9.17) is 0 Å². The molecule has 0 spiro atoms. The van der Waals surface area contributed by atoms with Crippen LogP contribution < -0.4 is 5.46 Å². The average Bonchev–Trinajstić information content (AvgIpc) is 2.97. The molecule has 104 valence electrons. The van der Waals surface area contributed by atoms with Crippen LogP contribution in [0.3, 0.4) is 0 Å². The van der Waals surface area contributed by atoms with Gasteiger partial charge in [-0.3, -0.25) is 0 Å². The van der Waals surface area contributed by atoms with Gasteiger partial charge in [-0.05, 0) is 5.56 Å². The van der Waals surface area contributed by atoms with Gasteiger partial charge in [-0.2, -0.15) is 4.98 Å². The van der Waals surface area contributed by atoms with Crippen molar-refractivity contribution in [1.29, 1.82) is 0 Å². The maximum atomic E-state index is 4.69. The molecule has 0 bridgehead atoms. The highest BCUT2D eigenvalue weighted by Crippen LogP contribution is 2.04. The molecule has 0 N–H and O–H groups in total. The van der Waals surface area contributed by atoms with E-state index in [1.165, 1.54) is 17.4 Å². The Bertz CT molecular complexity index is 410. The molecule has 0 amide bonds. The van der Waals surface area contributed by atoms with Crippen LogP contribution in [0.15, 0.2) is 35.2 Å². The lowest BCUT2D eigenvalue weighted by atomic mass is 9.49. The summed E-state index contributed by atoms with van der Waals surface area (Å²) in [4.78, 5) is 3.99. The van der Waals surface area contributed by atoms with E-state index in [-0.39, 0.29) is 0 Å². The van der Waals surface area contributed by atoms with Gasteiger partial charge in [0.05, 0.1) is 0 Å². The van der Waals surface area contributed by atoms with E-state index in [0.29, 0.717) is 6.71 Å². The summed E-state index contributed by atoms with van der Waals surface area (Å²) >= 11 is 0. The lowest BCUT2D eigenvalue weighted by Gasteiger charge is -2.03. The highest BCUT2D eigenvalue weighted by Gasteiger charge is 2.04. The van der Waals surface area contributed by atoms with Gasteiger partial charge in [0.15, 0.2) is 12.5 Å². The molecule has 4 heteroatoms. The van der Waals surface area contributed by atoms with Gasteiger partial charge in [0.2, 0.25) is 6.39 Å². The second-order valence-electron chi connectivity index (χ2n) is 3.92. The maximum absolute atomic E-state index is 4.69. The Labute approximate surface area is 117 Å². The Balaban J connectivity index is 0.000000741. The molecule has 0 unspecified atom stereocenters. The molecule has 0 radical (unpaired) electrons. The largest absolute Gasteiger partial charge is 0.343 e. The molecule has 3 nitrogen and oxygen atoms in total. The third kappa shape index (κ3) is 6.23. The molecule has 19 heavy (non-hydrogen) atoms. The van der Waals surface area contributed by atoms with Gasteiger partial charge >= 0.3 is 0 Å². The van der Waals surface area contributed by atoms with E-state index >= 15 is 0 Å². The highest BCUT2D eigenvalue weighted by molar-refractivity contribution is 6.70. The van der Waals surface area contributed by atoms with Crippen molar-refractivity contribution in [3.63, 3.8) is 0 Å². The summed E-state index contributed by atoms with van der Waals surface area (Å²) in [5.41, 5.74) is 2.56. The standard InChI is InChI=1S/C11H13BN2O.2C2H6/c1-12(2)10-5-3-9(4-6-10)7-11-13-8-15-14-11;2*1-2/h3-6,8H,7H2,1-2H3;2*1-2H3.